The minimum absolute atomic E-state index is 0.0312. The number of hydrogen-bond donors (Lipinski definition) is 0. The summed E-state index contributed by atoms with van der Waals surface area (Å²) in [5, 5.41) is 4.71. The van der Waals surface area contributed by atoms with Crippen LogP contribution >= 0.6 is 0 Å². The highest BCUT2D eigenvalue weighted by molar-refractivity contribution is 5.96. The predicted molar refractivity (Wildman–Crippen MR) is 113 cm³/mol. The van der Waals surface area contributed by atoms with Crippen LogP contribution in [-0.2, 0) is 13.5 Å². The van der Waals surface area contributed by atoms with E-state index in [-0.39, 0.29) is 23.8 Å². The number of amides is 1. The van der Waals surface area contributed by atoms with Crippen LogP contribution in [0.3, 0.4) is 0 Å². The molecule has 1 aromatic carbocycles. The third kappa shape index (κ3) is 2.86. The van der Waals surface area contributed by atoms with Gasteiger partial charge in [0.1, 0.15) is 17.2 Å². The smallest absolute Gasteiger partial charge is 0.290 e. The molecule has 2 bridgehead atoms. The number of nitrogens with zero attached hydrogens (tertiary/aromatic N) is 4. The molecule has 5 heterocycles. The molecule has 6 rings (SSSR count). The van der Waals surface area contributed by atoms with E-state index in [0.717, 1.165) is 36.6 Å². The van der Waals surface area contributed by atoms with E-state index in [1.807, 2.05) is 4.90 Å². The maximum Gasteiger partial charge on any atom is 0.290 e. The summed E-state index contributed by atoms with van der Waals surface area (Å²) in [5.41, 5.74) is 4.14. The highest BCUT2D eigenvalue weighted by Crippen LogP contribution is 2.45. The number of aryl methyl sites for hydroxylation is 1. The van der Waals surface area contributed by atoms with E-state index in [1.165, 1.54) is 12.1 Å². The zero-order valence-electron chi connectivity index (χ0n) is 17.4. The fourth-order valence-corrected chi connectivity index (χ4v) is 5.30. The van der Waals surface area contributed by atoms with Crippen LogP contribution in [0.1, 0.15) is 47.1 Å². The van der Waals surface area contributed by atoms with Crippen molar-refractivity contribution >= 4 is 17.0 Å². The molecule has 4 aromatic rings. The second-order valence-electron chi connectivity index (χ2n) is 8.51. The molecule has 162 valence electrons. The van der Waals surface area contributed by atoms with E-state index in [4.69, 9.17) is 9.52 Å². The lowest BCUT2D eigenvalue weighted by atomic mass is 9.81. The van der Waals surface area contributed by atoms with Gasteiger partial charge in [0.15, 0.2) is 11.3 Å². The van der Waals surface area contributed by atoms with Crippen LogP contribution in [0.2, 0.25) is 0 Å². The van der Waals surface area contributed by atoms with Gasteiger partial charge in [0, 0.05) is 42.5 Å². The van der Waals surface area contributed by atoms with Crippen molar-refractivity contribution in [2.45, 2.75) is 37.8 Å². The minimum atomic E-state index is -0.624. The zero-order valence-corrected chi connectivity index (χ0v) is 17.4. The third-order valence-corrected chi connectivity index (χ3v) is 6.54. The van der Waals surface area contributed by atoms with Crippen LogP contribution in [-0.4, -0.2) is 31.6 Å². The average molecular weight is 434 g/mol. The highest BCUT2D eigenvalue weighted by Gasteiger charge is 2.44. The number of halogens is 2. The van der Waals surface area contributed by atoms with E-state index in [1.54, 1.807) is 36.1 Å². The molecule has 1 amide bonds. The second-order valence-corrected chi connectivity index (χ2v) is 8.51. The average Bonchev–Trinajstić information content (AvgIpc) is 3.33. The molecule has 1 saturated heterocycles. The quantitative estimate of drug-likeness (QED) is 0.455. The Morgan fingerprint density at radius 2 is 1.97 bits per heavy atom. The van der Waals surface area contributed by atoms with Crippen LogP contribution in [0.4, 0.5) is 8.78 Å². The fourth-order valence-electron chi connectivity index (χ4n) is 5.30. The molecule has 0 aliphatic carbocycles. The Hall–Kier alpha value is -3.55. The normalized spacial score (nSPS) is 19.9. The molecule has 1 fully saturated rings. The van der Waals surface area contributed by atoms with Crippen LogP contribution in [0.15, 0.2) is 47.0 Å². The maximum atomic E-state index is 13.9. The number of carbonyl (C=O) groups is 1. The van der Waals surface area contributed by atoms with Crippen molar-refractivity contribution in [3.05, 3.63) is 71.2 Å². The van der Waals surface area contributed by atoms with E-state index in [9.17, 15) is 13.6 Å². The van der Waals surface area contributed by atoms with Crippen LogP contribution in [0.25, 0.3) is 22.4 Å². The molecule has 0 N–H and O–H groups in total. The van der Waals surface area contributed by atoms with Crippen molar-refractivity contribution in [1.29, 1.82) is 0 Å². The SMILES string of the molecule is Cn1nc2c(c1-c1cc(F)cc(F)c1)C[C@H]1CCC[C@@H]2N1C(=O)c1cc2ncccc2o1. The number of benzene rings is 1. The van der Waals surface area contributed by atoms with Crippen LogP contribution in [0.5, 0.6) is 0 Å². The van der Waals surface area contributed by atoms with Gasteiger partial charge in [-0.3, -0.25) is 14.5 Å². The Bertz CT molecular complexity index is 1320. The van der Waals surface area contributed by atoms with E-state index >= 15 is 0 Å². The van der Waals surface area contributed by atoms with Crippen molar-refractivity contribution in [3.8, 4) is 11.3 Å². The molecule has 0 unspecified atom stereocenters. The van der Waals surface area contributed by atoms with E-state index < -0.39 is 11.6 Å². The zero-order chi connectivity index (χ0) is 22.0. The number of piperidine rings is 1. The Morgan fingerprint density at radius 3 is 2.75 bits per heavy atom. The molecule has 0 spiro atoms. The summed E-state index contributed by atoms with van der Waals surface area (Å²) in [4.78, 5) is 19.7. The summed E-state index contributed by atoms with van der Waals surface area (Å²) in [6.45, 7) is 0. The summed E-state index contributed by atoms with van der Waals surface area (Å²) in [6.07, 6.45) is 4.87. The number of aromatic nitrogens is 3. The van der Waals surface area contributed by atoms with Gasteiger partial charge in [0.05, 0.1) is 17.4 Å². The van der Waals surface area contributed by atoms with Crippen molar-refractivity contribution in [2.24, 2.45) is 7.05 Å². The van der Waals surface area contributed by atoms with E-state index in [2.05, 4.69) is 4.98 Å². The van der Waals surface area contributed by atoms with Gasteiger partial charge in [-0.05, 0) is 49.9 Å². The molecule has 2 aliphatic heterocycles. The maximum absolute atomic E-state index is 13.9. The number of pyridine rings is 1. The van der Waals surface area contributed by atoms with Gasteiger partial charge in [0.25, 0.3) is 5.91 Å². The molecule has 6 nitrogen and oxygen atoms in total. The lowest BCUT2D eigenvalue weighted by molar-refractivity contribution is 0.0363. The van der Waals surface area contributed by atoms with Gasteiger partial charge in [-0.1, -0.05) is 0 Å². The Labute approximate surface area is 182 Å². The first-order chi connectivity index (χ1) is 15.5. The predicted octanol–water partition coefficient (Wildman–Crippen LogP) is 4.80. The van der Waals surface area contributed by atoms with E-state index in [0.29, 0.717) is 28.8 Å². The van der Waals surface area contributed by atoms with Gasteiger partial charge >= 0.3 is 0 Å². The summed E-state index contributed by atoms with van der Waals surface area (Å²) >= 11 is 0. The molecular weight excluding hydrogens is 414 g/mol. The Balaban J connectivity index is 1.43. The van der Waals surface area contributed by atoms with Crippen molar-refractivity contribution in [2.75, 3.05) is 0 Å². The van der Waals surface area contributed by atoms with Gasteiger partial charge < -0.3 is 9.32 Å². The molecular formula is C24H20F2N4O2. The molecule has 0 saturated carbocycles. The van der Waals surface area contributed by atoms with Crippen molar-refractivity contribution in [1.82, 2.24) is 19.7 Å². The number of furan rings is 1. The summed E-state index contributed by atoms with van der Waals surface area (Å²) in [7, 11) is 1.78. The van der Waals surface area contributed by atoms with Crippen molar-refractivity contribution in [3.63, 3.8) is 0 Å². The first-order valence-corrected chi connectivity index (χ1v) is 10.7. The fraction of sp³-hybridized carbons (Fsp3) is 0.292. The topological polar surface area (TPSA) is 64.2 Å². The Morgan fingerprint density at radius 1 is 1.16 bits per heavy atom. The molecule has 2 aliphatic rings. The second kappa shape index (κ2) is 6.98. The highest BCUT2D eigenvalue weighted by atomic mass is 19.1. The number of rotatable bonds is 2. The van der Waals surface area contributed by atoms with Gasteiger partial charge in [-0.25, -0.2) is 8.78 Å². The lowest BCUT2D eigenvalue weighted by Crippen LogP contribution is -2.49. The van der Waals surface area contributed by atoms with Crippen molar-refractivity contribution < 1.29 is 18.0 Å². The molecule has 3 aromatic heterocycles. The molecule has 2 atom stereocenters. The number of hydrogen-bond acceptors (Lipinski definition) is 4. The summed E-state index contributed by atoms with van der Waals surface area (Å²) in [6, 6.07) is 8.53. The lowest BCUT2D eigenvalue weighted by Gasteiger charge is -2.45. The minimum Gasteiger partial charge on any atom is -0.449 e. The summed E-state index contributed by atoms with van der Waals surface area (Å²) < 4.78 is 35.3. The molecule has 0 radical (unpaired) electrons. The van der Waals surface area contributed by atoms with Gasteiger partial charge in [-0.15, -0.1) is 0 Å². The Kier molecular flexibility index (Phi) is 4.18. The summed E-state index contributed by atoms with van der Waals surface area (Å²) in [5.74, 6) is -1.16. The largest absolute Gasteiger partial charge is 0.449 e. The molecule has 8 heteroatoms. The third-order valence-electron chi connectivity index (χ3n) is 6.54. The number of carbonyl (C=O) groups excluding carboxylic acids is 1. The first kappa shape index (κ1) is 19.2. The first-order valence-electron chi connectivity index (χ1n) is 10.7. The molecule has 32 heavy (non-hydrogen) atoms. The van der Waals surface area contributed by atoms with Crippen LogP contribution in [0, 0.1) is 11.6 Å². The standard InChI is InChI=1S/C24H20F2N4O2/c1-29-23(13-8-14(25)10-15(26)9-13)17-11-16-4-2-5-19(22(17)28-29)30(16)24(31)21-12-18-20(32-21)6-3-7-27-18/h3,6-10,12,16,19H,2,4-5,11H2,1H3/t16-,19+/m1/s1. The van der Waals surface area contributed by atoms with Gasteiger partial charge in [0.2, 0.25) is 0 Å². The monoisotopic (exact) mass is 434 g/mol. The van der Waals surface area contributed by atoms with Crippen LogP contribution < -0.4 is 0 Å². The number of fused-ring (bicyclic) bond motifs is 5. The van der Waals surface area contributed by atoms with Gasteiger partial charge in [-0.2, -0.15) is 5.10 Å².